The molecule has 4 unspecified atom stereocenters. The van der Waals surface area contributed by atoms with Crippen LogP contribution in [0.2, 0.25) is 0 Å². The van der Waals surface area contributed by atoms with Crippen molar-refractivity contribution in [2.24, 2.45) is 11.7 Å². The Balaban J connectivity index is 2.91. The van der Waals surface area contributed by atoms with E-state index in [4.69, 9.17) is 15.9 Å². The number of aliphatic carboxylic acids is 2. The van der Waals surface area contributed by atoms with E-state index < -0.39 is 60.2 Å². The van der Waals surface area contributed by atoms with Crippen LogP contribution >= 0.6 is 12.6 Å². The molecule has 4 atom stereocenters. The molecule has 0 saturated carbocycles. The highest BCUT2D eigenvalue weighted by atomic mass is 32.1. The number of nitrogens with two attached hydrogens (primary N) is 1. The van der Waals surface area contributed by atoms with Gasteiger partial charge < -0.3 is 31.5 Å². The van der Waals surface area contributed by atoms with Gasteiger partial charge in [0.15, 0.2) is 0 Å². The minimum Gasteiger partial charge on any atom is -0.481 e. The molecule has 0 radical (unpaired) electrons. The predicted octanol–water partition coefficient (Wildman–Crippen LogP) is -1.58. The zero-order valence-corrected chi connectivity index (χ0v) is 17.2. The lowest BCUT2D eigenvalue weighted by molar-refractivity contribution is -0.144. The summed E-state index contributed by atoms with van der Waals surface area (Å²) in [6, 6.07) is -4.50. The largest absolute Gasteiger partial charge is 0.481 e. The third-order valence-electron chi connectivity index (χ3n) is 4.65. The summed E-state index contributed by atoms with van der Waals surface area (Å²) in [6.45, 7) is 3.89. The van der Waals surface area contributed by atoms with Crippen molar-refractivity contribution in [1.29, 1.82) is 0 Å². The summed E-state index contributed by atoms with van der Waals surface area (Å²) in [4.78, 5) is 61.0. The fourth-order valence-electron chi connectivity index (χ4n) is 2.89. The van der Waals surface area contributed by atoms with E-state index in [2.05, 4.69) is 23.3 Å². The third kappa shape index (κ3) is 6.89. The standard InChI is InChI=1S/C17H28N4O7S/c1-8(2)13(18)16(26)21-5-3-4-11(21)15(25)19-9(6-12(22)23)14(24)20-10(7-29)17(27)28/h8-11,13,29H,3-7,18H2,1-2H3,(H,19,25)(H,20,24)(H,22,23)(H,27,28). The van der Waals surface area contributed by atoms with E-state index in [0.717, 1.165) is 0 Å². The number of thiol groups is 1. The van der Waals surface area contributed by atoms with Crippen LogP contribution in [0.3, 0.4) is 0 Å². The summed E-state index contributed by atoms with van der Waals surface area (Å²) >= 11 is 3.82. The normalized spacial score (nSPS) is 19.3. The summed E-state index contributed by atoms with van der Waals surface area (Å²) < 4.78 is 0. The fourth-order valence-corrected chi connectivity index (χ4v) is 3.14. The average Bonchev–Trinajstić information content (AvgIpc) is 3.13. The highest BCUT2D eigenvalue weighted by Crippen LogP contribution is 2.20. The molecule has 164 valence electrons. The molecule has 1 saturated heterocycles. The van der Waals surface area contributed by atoms with Gasteiger partial charge in [-0.3, -0.25) is 19.2 Å². The van der Waals surface area contributed by atoms with Crippen LogP contribution in [-0.4, -0.2) is 81.2 Å². The first-order valence-corrected chi connectivity index (χ1v) is 9.85. The van der Waals surface area contributed by atoms with Crippen molar-refractivity contribution in [3.05, 3.63) is 0 Å². The van der Waals surface area contributed by atoms with Gasteiger partial charge in [-0.05, 0) is 18.8 Å². The summed E-state index contributed by atoms with van der Waals surface area (Å²) in [7, 11) is 0. The monoisotopic (exact) mass is 432 g/mol. The molecule has 1 heterocycles. The van der Waals surface area contributed by atoms with Gasteiger partial charge in [-0.25, -0.2) is 4.79 Å². The number of nitrogens with zero attached hydrogens (tertiary/aromatic N) is 1. The lowest BCUT2D eigenvalue weighted by Gasteiger charge is -2.29. The van der Waals surface area contributed by atoms with Gasteiger partial charge in [0.05, 0.1) is 12.5 Å². The molecule has 1 aliphatic rings. The van der Waals surface area contributed by atoms with E-state index in [1.165, 1.54) is 4.90 Å². The van der Waals surface area contributed by atoms with E-state index in [1.54, 1.807) is 13.8 Å². The molecule has 1 aliphatic heterocycles. The number of amides is 3. The lowest BCUT2D eigenvalue weighted by atomic mass is 10.0. The maximum absolute atomic E-state index is 12.7. The maximum atomic E-state index is 12.7. The second-order valence-corrected chi connectivity index (χ2v) is 7.57. The number of carbonyl (C=O) groups excluding carboxylic acids is 3. The Morgan fingerprint density at radius 3 is 2.24 bits per heavy atom. The Hall–Kier alpha value is -2.34. The summed E-state index contributed by atoms with van der Waals surface area (Å²) in [5, 5.41) is 22.5. The molecule has 29 heavy (non-hydrogen) atoms. The van der Waals surface area contributed by atoms with E-state index in [9.17, 15) is 24.0 Å². The number of hydrogen-bond acceptors (Lipinski definition) is 7. The van der Waals surface area contributed by atoms with Gasteiger partial charge in [0.1, 0.15) is 18.1 Å². The van der Waals surface area contributed by atoms with Crippen molar-refractivity contribution in [3.8, 4) is 0 Å². The van der Waals surface area contributed by atoms with Crippen molar-refractivity contribution >= 4 is 42.3 Å². The number of hydrogen-bond donors (Lipinski definition) is 6. The van der Waals surface area contributed by atoms with Crippen molar-refractivity contribution in [1.82, 2.24) is 15.5 Å². The van der Waals surface area contributed by atoms with Crippen LogP contribution in [0.15, 0.2) is 0 Å². The van der Waals surface area contributed by atoms with Gasteiger partial charge in [-0.2, -0.15) is 12.6 Å². The Bertz CT molecular complexity index is 658. The minimum absolute atomic E-state index is 0.133. The quantitative estimate of drug-likeness (QED) is 0.224. The van der Waals surface area contributed by atoms with Crippen molar-refractivity contribution in [2.75, 3.05) is 12.3 Å². The smallest absolute Gasteiger partial charge is 0.327 e. The molecule has 0 spiro atoms. The Labute approximate surface area is 173 Å². The molecule has 0 bridgehead atoms. The Morgan fingerprint density at radius 1 is 1.14 bits per heavy atom. The number of rotatable bonds is 10. The van der Waals surface area contributed by atoms with Crippen LogP contribution in [0, 0.1) is 5.92 Å². The van der Waals surface area contributed by atoms with Gasteiger partial charge in [0.2, 0.25) is 17.7 Å². The van der Waals surface area contributed by atoms with Crippen molar-refractivity contribution in [2.45, 2.75) is 57.3 Å². The van der Waals surface area contributed by atoms with E-state index in [1.807, 2.05) is 0 Å². The molecule has 0 aromatic rings. The number of carboxylic acid groups (broad SMARTS) is 2. The molecule has 0 aromatic carbocycles. The molecule has 0 aliphatic carbocycles. The molecule has 6 N–H and O–H groups in total. The van der Waals surface area contributed by atoms with E-state index in [0.29, 0.717) is 19.4 Å². The van der Waals surface area contributed by atoms with Gasteiger partial charge in [-0.1, -0.05) is 13.8 Å². The Kier molecular flexibility index (Phi) is 9.37. The SMILES string of the molecule is CC(C)C(N)C(=O)N1CCCC1C(=O)NC(CC(=O)O)C(=O)NC(CS)C(=O)O. The maximum Gasteiger partial charge on any atom is 0.327 e. The summed E-state index contributed by atoms with van der Waals surface area (Å²) in [5.74, 6) is -5.09. The van der Waals surface area contributed by atoms with Crippen LogP contribution in [0.4, 0.5) is 0 Å². The van der Waals surface area contributed by atoms with E-state index in [-0.39, 0.29) is 11.7 Å². The molecule has 12 heteroatoms. The van der Waals surface area contributed by atoms with Crippen LogP contribution < -0.4 is 16.4 Å². The van der Waals surface area contributed by atoms with Crippen LogP contribution in [0.1, 0.15) is 33.1 Å². The molecule has 1 rings (SSSR count). The molecule has 3 amide bonds. The molecular weight excluding hydrogens is 404 g/mol. The Morgan fingerprint density at radius 2 is 1.76 bits per heavy atom. The third-order valence-corrected chi connectivity index (χ3v) is 5.02. The van der Waals surface area contributed by atoms with Crippen molar-refractivity contribution in [3.63, 3.8) is 0 Å². The van der Waals surface area contributed by atoms with Crippen LogP contribution in [0.25, 0.3) is 0 Å². The van der Waals surface area contributed by atoms with Gasteiger partial charge >= 0.3 is 11.9 Å². The molecule has 1 fully saturated rings. The second kappa shape index (κ2) is 11.0. The fraction of sp³-hybridized carbons (Fsp3) is 0.706. The van der Waals surface area contributed by atoms with E-state index >= 15 is 0 Å². The van der Waals surface area contributed by atoms with Gasteiger partial charge in [-0.15, -0.1) is 0 Å². The first-order chi connectivity index (χ1) is 13.5. The van der Waals surface area contributed by atoms with Crippen LogP contribution in [-0.2, 0) is 24.0 Å². The minimum atomic E-state index is -1.50. The zero-order chi connectivity index (χ0) is 22.3. The lowest BCUT2D eigenvalue weighted by Crippen LogP contribution is -2.57. The number of carboxylic acids is 2. The first-order valence-electron chi connectivity index (χ1n) is 9.21. The average molecular weight is 432 g/mol. The highest BCUT2D eigenvalue weighted by Gasteiger charge is 2.38. The number of nitrogens with one attached hydrogen (secondary N) is 2. The summed E-state index contributed by atoms with van der Waals surface area (Å²) in [5.41, 5.74) is 5.89. The highest BCUT2D eigenvalue weighted by molar-refractivity contribution is 7.80. The van der Waals surface area contributed by atoms with Gasteiger partial charge in [0.25, 0.3) is 0 Å². The zero-order valence-electron chi connectivity index (χ0n) is 16.3. The first kappa shape index (κ1) is 24.7. The number of carbonyl (C=O) groups is 5. The number of likely N-dealkylation sites (tertiary alicyclic amines) is 1. The van der Waals surface area contributed by atoms with Crippen LogP contribution in [0.5, 0.6) is 0 Å². The molecule has 0 aromatic heterocycles. The summed E-state index contributed by atoms with van der Waals surface area (Å²) in [6.07, 6.45) is 0.159. The molecule has 11 nitrogen and oxygen atoms in total. The topological polar surface area (TPSA) is 179 Å². The molecular formula is C17H28N4O7S. The van der Waals surface area contributed by atoms with Gasteiger partial charge in [0, 0.05) is 12.3 Å². The second-order valence-electron chi connectivity index (χ2n) is 7.20. The predicted molar refractivity (Wildman–Crippen MR) is 105 cm³/mol. The van der Waals surface area contributed by atoms with Crippen molar-refractivity contribution < 1.29 is 34.2 Å².